The maximum absolute atomic E-state index is 12.6. The molecule has 2 heterocycles. The van der Waals surface area contributed by atoms with Gasteiger partial charge in [-0.25, -0.2) is 0 Å². The van der Waals surface area contributed by atoms with Crippen LogP contribution < -0.4 is 10.1 Å². The van der Waals surface area contributed by atoms with Gasteiger partial charge in [-0.05, 0) is 31.0 Å². The lowest BCUT2D eigenvalue weighted by molar-refractivity contribution is -0.384. The molecule has 2 aromatic rings. The number of rotatable bonds is 5. The first-order valence-corrected chi connectivity index (χ1v) is 8.45. The van der Waals surface area contributed by atoms with Crippen molar-refractivity contribution in [2.45, 2.75) is 12.8 Å². The third kappa shape index (κ3) is 4.08. The third-order valence-corrected chi connectivity index (χ3v) is 4.54. The molecule has 1 aliphatic heterocycles. The van der Waals surface area contributed by atoms with Gasteiger partial charge in [0, 0.05) is 31.1 Å². The summed E-state index contributed by atoms with van der Waals surface area (Å²) in [5.41, 5.74) is 0.121. The van der Waals surface area contributed by atoms with Crippen LogP contribution in [0, 0.1) is 16.0 Å². The highest BCUT2D eigenvalue weighted by molar-refractivity contribution is 5.95. The topological polar surface area (TPSA) is 115 Å². The van der Waals surface area contributed by atoms with Crippen molar-refractivity contribution in [2.75, 3.05) is 25.5 Å². The predicted molar refractivity (Wildman–Crippen MR) is 95.6 cm³/mol. The highest BCUT2D eigenvalue weighted by Crippen LogP contribution is 2.30. The molecule has 27 heavy (non-hydrogen) atoms. The summed E-state index contributed by atoms with van der Waals surface area (Å²) in [6, 6.07) is 7.29. The molecule has 0 atom stereocenters. The van der Waals surface area contributed by atoms with Crippen LogP contribution in [0.25, 0.3) is 0 Å². The van der Waals surface area contributed by atoms with Crippen molar-refractivity contribution in [1.29, 1.82) is 0 Å². The number of amides is 2. The van der Waals surface area contributed by atoms with Crippen LogP contribution in [0.5, 0.6) is 5.75 Å². The van der Waals surface area contributed by atoms with Gasteiger partial charge in [0.25, 0.3) is 11.6 Å². The summed E-state index contributed by atoms with van der Waals surface area (Å²) in [4.78, 5) is 36.9. The first-order chi connectivity index (χ1) is 13.0. The van der Waals surface area contributed by atoms with Gasteiger partial charge in [-0.2, -0.15) is 0 Å². The van der Waals surface area contributed by atoms with Crippen LogP contribution in [0.15, 0.2) is 41.0 Å². The van der Waals surface area contributed by atoms with Gasteiger partial charge in [0.2, 0.25) is 5.91 Å². The van der Waals surface area contributed by atoms with Crippen LogP contribution in [-0.4, -0.2) is 41.8 Å². The number of non-ortho nitro benzene ring substituents is 1. The van der Waals surface area contributed by atoms with Crippen molar-refractivity contribution >= 4 is 23.2 Å². The van der Waals surface area contributed by atoms with E-state index < -0.39 is 4.92 Å². The van der Waals surface area contributed by atoms with Crippen LogP contribution in [0.2, 0.25) is 0 Å². The Kier molecular flexibility index (Phi) is 5.39. The molecule has 1 aliphatic rings. The van der Waals surface area contributed by atoms with Crippen molar-refractivity contribution in [2.24, 2.45) is 5.92 Å². The molecular formula is C18H19N3O6. The van der Waals surface area contributed by atoms with E-state index >= 15 is 0 Å². The molecule has 0 spiro atoms. The first kappa shape index (κ1) is 18.4. The van der Waals surface area contributed by atoms with Crippen LogP contribution >= 0.6 is 0 Å². The number of carbonyl (C=O) groups excluding carboxylic acids is 2. The van der Waals surface area contributed by atoms with E-state index in [1.54, 1.807) is 17.0 Å². The van der Waals surface area contributed by atoms with Crippen LogP contribution in [0.1, 0.15) is 23.4 Å². The van der Waals surface area contributed by atoms with Gasteiger partial charge in [-0.1, -0.05) is 0 Å². The molecule has 1 aromatic heterocycles. The van der Waals surface area contributed by atoms with Crippen molar-refractivity contribution < 1.29 is 23.7 Å². The molecule has 1 saturated heterocycles. The summed E-state index contributed by atoms with van der Waals surface area (Å²) < 4.78 is 10.3. The number of ether oxygens (including phenoxy) is 1. The molecular weight excluding hydrogens is 354 g/mol. The molecule has 9 heteroatoms. The van der Waals surface area contributed by atoms with Gasteiger partial charge in [0.15, 0.2) is 5.76 Å². The zero-order chi connectivity index (χ0) is 19.4. The Morgan fingerprint density at radius 1 is 1.30 bits per heavy atom. The summed E-state index contributed by atoms with van der Waals surface area (Å²) >= 11 is 0. The molecule has 0 bridgehead atoms. The number of piperidine rings is 1. The average Bonchev–Trinajstić information content (AvgIpc) is 3.22. The van der Waals surface area contributed by atoms with E-state index in [9.17, 15) is 19.7 Å². The molecule has 0 saturated carbocycles. The fourth-order valence-electron chi connectivity index (χ4n) is 3.04. The summed E-state index contributed by atoms with van der Waals surface area (Å²) in [6.45, 7) is 0.868. The number of carbonyl (C=O) groups is 2. The number of nitro groups is 1. The van der Waals surface area contributed by atoms with Gasteiger partial charge >= 0.3 is 0 Å². The highest BCUT2D eigenvalue weighted by Gasteiger charge is 2.29. The van der Waals surface area contributed by atoms with E-state index in [0.717, 1.165) is 0 Å². The second-order valence-corrected chi connectivity index (χ2v) is 6.17. The standard InChI is InChI=1S/C18H19N3O6/c1-26-15-5-4-13(21(24)25)11-14(15)19-17(22)12-6-8-20(9-7-12)18(23)16-3-2-10-27-16/h2-5,10-12H,6-9H2,1H3,(H,19,22). The van der Waals surface area contributed by atoms with Crippen molar-refractivity contribution in [3.63, 3.8) is 0 Å². The largest absolute Gasteiger partial charge is 0.495 e. The number of furan rings is 1. The van der Waals surface area contributed by atoms with E-state index in [2.05, 4.69) is 5.32 Å². The number of benzene rings is 1. The van der Waals surface area contributed by atoms with Gasteiger partial charge < -0.3 is 19.4 Å². The Balaban J connectivity index is 1.62. The zero-order valence-electron chi connectivity index (χ0n) is 14.7. The number of anilines is 1. The van der Waals surface area contributed by atoms with Gasteiger partial charge in [-0.15, -0.1) is 0 Å². The zero-order valence-corrected chi connectivity index (χ0v) is 14.7. The molecule has 0 unspecified atom stereocenters. The molecule has 1 N–H and O–H groups in total. The van der Waals surface area contributed by atoms with E-state index in [4.69, 9.17) is 9.15 Å². The van der Waals surface area contributed by atoms with Crippen LogP contribution in [-0.2, 0) is 4.79 Å². The molecule has 1 aromatic carbocycles. The van der Waals surface area contributed by atoms with E-state index in [0.29, 0.717) is 31.7 Å². The van der Waals surface area contributed by atoms with Crippen LogP contribution in [0.4, 0.5) is 11.4 Å². The third-order valence-electron chi connectivity index (χ3n) is 4.54. The normalized spacial score (nSPS) is 14.6. The SMILES string of the molecule is COc1ccc([N+](=O)[O-])cc1NC(=O)C1CCN(C(=O)c2ccco2)CC1. The highest BCUT2D eigenvalue weighted by atomic mass is 16.6. The van der Waals surface area contributed by atoms with Crippen molar-refractivity contribution in [1.82, 2.24) is 4.90 Å². The maximum Gasteiger partial charge on any atom is 0.289 e. The number of methoxy groups -OCH3 is 1. The van der Waals surface area contributed by atoms with E-state index in [1.807, 2.05) is 0 Å². The number of likely N-dealkylation sites (tertiary alicyclic amines) is 1. The summed E-state index contributed by atoms with van der Waals surface area (Å²) in [7, 11) is 1.43. The van der Waals surface area contributed by atoms with E-state index in [-0.39, 0.29) is 34.9 Å². The van der Waals surface area contributed by atoms with Gasteiger partial charge in [-0.3, -0.25) is 19.7 Å². The Morgan fingerprint density at radius 2 is 2.04 bits per heavy atom. The number of hydrogen-bond acceptors (Lipinski definition) is 6. The number of nitro benzene ring substituents is 1. The van der Waals surface area contributed by atoms with Crippen LogP contribution in [0.3, 0.4) is 0 Å². The van der Waals surface area contributed by atoms with E-state index in [1.165, 1.54) is 31.6 Å². The fraction of sp³-hybridized carbons (Fsp3) is 0.333. The summed E-state index contributed by atoms with van der Waals surface area (Å²) in [5, 5.41) is 13.7. The number of hydrogen-bond donors (Lipinski definition) is 1. The number of nitrogens with one attached hydrogen (secondary N) is 1. The lowest BCUT2D eigenvalue weighted by atomic mass is 9.95. The molecule has 3 rings (SSSR count). The lowest BCUT2D eigenvalue weighted by Crippen LogP contribution is -2.41. The van der Waals surface area contributed by atoms with Gasteiger partial charge in [0.05, 0.1) is 24.0 Å². The van der Waals surface area contributed by atoms with Gasteiger partial charge in [0.1, 0.15) is 5.75 Å². The summed E-state index contributed by atoms with van der Waals surface area (Å²) in [6.07, 6.45) is 2.44. The average molecular weight is 373 g/mol. The molecule has 0 radical (unpaired) electrons. The quantitative estimate of drug-likeness (QED) is 0.636. The second-order valence-electron chi connectivity index (χ2n) is 6.17. The minimum atomic E-state index is -0.534. The predicted octanol–water partition coefficient (Wildman–Crippen LogP) is 2.69. The Morgan fingerprint density at radius 3 is 2.63 bits per heavy atom. The molecule has 9 nitrogen and oxygen atoms in total. The minimum absolute atomic E-state index is 0.134. The maximum atomic E-state index is 12.6. The Labute approximate surface area is 155 Å². The second kappa shape index (κ2) is 7.90. The minimum Gasteiger partial charge on any atom is -0.495 e. The smallest absolute Gasteiger partial charge is 0.289 e. The molecule has 142 valence electrons. The van der Waals surface area contributed by atoms with Crippen molar-refractivity contribution in [3.05, 3.63) is 52.5 Å². The Bertz CT molecular complexity index is 841. The summed E-state index contributed by atoms with van der Waals surface area (Å²) in [5.74, 6) is -0.119. The first-order valence-electron chi connectivity index (χ1n) is 8.45. The molecule has 1 fully saturated rings. The lowest BCUT2D eigenvalue weighted by Gasteiger charge is -2.30. The molecule has 2 amide bonds. The Hall–Kier alpha value is -3.36. The number of nitrogens with zero attached hydrogens (tertiary/aromatic N) is 2. The fourth-order valence-corrected chi connectivity index (χ4v) is 3.04. The van der Waals surface area contributed by atoms with Crippen molar-refractivity contribution in [3.8, 4) is 5.75 Å². The molecule has 0 aliphatic carbocycles. The monoisotopic (exact) mass is 373 g/mol.